The quantitative estimate of drug-likeness (QED) is 0.781. The molecule has 0 radical (unpaired) electrons. The molecule has 0 spiro atoms. The molecule has 3 nitrogen and oxygen atoms in total. The third kappa shape index (κ3) is 4.72. The Kier molecular flexibility index (Phi) is 5.66. The van der Waals surface area contributed by atoms with Crippen molar-refractivity contribution >= 4 is 11.6 Å². The lowest BCUT2D eigenvalue weighted by Gasteiger charge is -2.18. The lowest BCUT2D eigenvalue weighted by atomic mass is 9.94. The molecule has 2 rings (SSSR count). The van der Waals surface area contributed by atoms with E-state index in [9.17, 15) is 4.79 Å². The summed E-state index contributed by atoms with van der Waals surface area (Å²) in [7, 11) is 0. The zero-order valence-electron chi connectivity index (χ0n) is 12.2. The third-order valence-electron chi connectivity index (χ3n) is 3.67. The molecule has 3 heteroatoms. The van der Waals surface area contributed by atoms with Crippen LogP contribution in [0.4, 0.5) is 5.69 Å². The highest BCUT2D eigenvalue weighted by atomic mass is 16.1. The zero-order chi connectivity index (χ0) is 14.2. The number of carbonyl (C=O) groups excluding carboxylic acids is 1. The van der Waals surface area contributed by atoms with E-state index < -0.39 is 0 Å². The van der Waals surface area contributed by atoms with E-state index in [-0.39, 0.29) is 5.91 Å². The van der Waals surface area contributed by atoms with Gasteiger partial charge in [0.25, 0.3) is 0 Å². The van der Waals surface area contributed by atoms with Crippen LogP contribution in [0.3, 0.4) is 0 Å². The molecular weight excluding hydrogens is 248 g/mol. The van der Waals surface area contributed by atoms with Crippen LogP contribution in [0.2, 0.25) is 0 Å². The number of likely N-dealkylation sites (N-methyl/N-ethyl adjacent to an activating group) is 1. The SMILES string of the molecule is CCNC(=O)Cc1ccc(NCC2CC=CCC2)cc1. The Hall–Kier alpha value is -1.77. The zero-order valence-corrected chi connectivity index (χ0v) is 12.2. The fourth-order valence-corrected chi connectivity index (χ4v) is 2.49. The fourth-order valence-electron chi connectivity index (χ4n) is 2.49. The highest BCUT2D eigenvalue weighted by molar-refractivity contribution is 5.78. The van der Waals surface area contributed by atoms with E-state index in [1.807, 2.05) is 19.1 Å². The van der Waals surface area contributed by atoms with Crippen molar-refractivity contribution in [2.24, 2.45) is 5.92 Å². The summed E-state index contributed by atoms with van der Waals surface area (Å²) in [5, 5.41) is 6.30. The second-order valence-corrected chi connectivity index (χ2v) is 5.36. The van der Waals surface area contributed by atoms with Crippen LogP contribution in [-0.4, -0.2) is 19.0 Å². The lowest BCUT2D eigenvalue weighted by Crippen LogP contribution is -2.24. The van der Waals surface area contributed by atoms with Crippen molar-refractivity contribution in [2.45, 2.75) is 32.6 Å². The molecule has 20 heavy (non-hydrogen) atoms. The van der Waals surface area contributed by atoms with Crippen LogP contribution in [0.1, 0.15) is 31.7 Å². The number of hydrogen-bond donors (Lipinski definition) is 2. The van der Waals surface area contributed by atoms with E-state index in [4.69, 9.17) is 0 Å². The summed E-state index contributed by atoms with van der Waals surface area (Å²) in [5.41, 5.74) is 2.20. The van der Waals surface area contributed by atoms with Crippen LogP contribution >= 0.6 is 0 Å². The van der Waals surface area contributed by atoms with Crippen molar-refractivity contribution in [1.82, 2.24) is 5.32 Å². The Morgan fingerprint density at radius 3 is 2.70 bits per heavy atom. The van der Waals surface area contributed by atoms with Gasteiger partial charge in [0.05, 0.1) is 6.42 Å². The van der Waals surface area contributed by atoms with Crippen LogP contribution < -0.4 is 10.6 Å². The van der Waals surface area contributed by atoms with Crippen molar-refractivity contribution in [3.63, 3.8) is 0 Å². The van der Waals surface area contributed by atoms with E-state index in [1.54, 1.807) is 0 Å². The maximum Gasteiger partial charge on any atom is 0.224 e. The first-order chi connectivity index (χ1) is 9.78. The molecule has 0 saturated heterocycles. The molecule has 0 saturated carbocycles. The van der Waals surface area contributed by atoms with Crippen LogP contribution in [0.15, 0.2) is 36.4 Å². The Bertz CT molecular complexity index is 451. The summed E-state index contributed by atoms with van der Waals surface area (Å²) in [6.07, 6.45) is 8.68. The van der Waals surface area contributed by atoms with Gasteiger partial charge in [0.1, 0.15) is 0 Å². The van der Waals surface area contributed by atoms with Crippen LogP contribution in [0, 0.1) is 5.92 Å². The number of benzene rings is 1. The molecule has 1 aliphatic carbocycles. The molecule has 1 aromatic carbocycles. The summed E-state index contributed by atoms with van der Waals surface area (Å²) in [6.45, 7) is 3.65. The minimum atomic E-state index is 0.0854. The Morgan fingerprint density at radius 1 is 1.25 bits per heavy atom. The van der Waals surface area contributed by atoms with Gasteiger partial charge in [-0.2, -0.15) is 0 Å². The molecule has 108 valence electrons. The first-order valence-corrected chi connectivity index (χ1v) is 7.52. The Morgan fingerprint density at radius 2 is 2.05 bits per heavy atom. The largest absolute Gasteiger partial charge is 0.385 e. The minimum Gasteiger partial charge on any atom is -0.385 e. The highest BCUT2D eigenvalue weighted by Gasteiger charge is 2.09. The van der Waals surface area contributed by atoms with Crippen molar-refractivity contribution in [1.29, 1.82) is 0 Å². The predicted octanol–water partition coefficient (Wildman–Crippen LogP) is 3.13. The molecule has 1 unspecified atom stereocenters. The monoisotopic (exact) mass is 272 g/mol. The summed E-state index contributed by atoms with van der Waals surface area (Å²) >= 11 is 0. The summed E-state index contributed by atoms with van der Waals surface area (Å²) in [6, 6.07) is 8.18. The van der Waals surface area contributed by atoms with E-state index >= 15 is 0 Å². The molecular formula is C17H24N2O. The van der Waals surface area contributed by atoms with Gasteiger partial charge < -0.3 is 10.6 Å². The molecule has 0 aromatic heterocycles. The van der Waals surface area contributed by atoms with Crippen LogP contribution in [0.25, 0.3) is 0 Å². The second-order valence-electron chi connectivity index (χ2n) is 5.36. The molecule has 1 aromatic rings. The van der Waals surface area contributed by atoms with Gasteiger partial charge in [-0.25, -0.2) is 0 Å². The molecule has 0 aliphatic heterocycles. The topological polar surface area (TPSA) is 41.1 Å². The number of hydrogen-bond acceptors (Lipinski definition) is 2. The summed E-state index contributed by atoms with van der Waals surface area (Å²) < 4.78 is 0. The van der Waals surface area contributed by atoms with Gasteiger partial charge in [-0.05, 0) is 49.8 Å². The van der Waals surface area contributed by atoms with Gasteiger partial charge in [-0.3, -0.25) is 4.79 Å². The third-order valence-corrected chi connectivity index (χ3v) is 3.67. The van der Waals surface area contributed by atoms with Gasteiger partial charge in [0.2, 0.25) is 5.91 Å². The van der Waals surface area contributed by atoms with Crippen molar-refractivity contribution in [3.8, 4) is 0 Å². The molecule has 1 aliphatic rings. The maximum absolute atomic E-state index is 11.5. The Balaban J connectivity index is 1.79. The lowest BCUT2D eigenvalue weighted by molar-refractivity contribution is -0.120. The fraction of sp³-hybridized carbons (Fsp3) is 0.471. The first-order valence-electron chi connectivity index (χ1n) is 7.52. The van der Waals surface area contributed by atoms with E-state index in [1.165, 1.54) is 19.3 Å². The average molecular weight is 272 g/mol. The number of amides is 1. The Labute approximate surface area is 121 Å². The van der Waals surface area contributed by atoms with Gasteiger partial charge >= 0.3 is 0 Å². The molecule has 0 fully saturated rings. The van der Waals surface area contributed by atoms with Crippen molar-refractivity contribution in [3.05, 3.63) is 42.0 Å². The van der Waals surface area contributed by atoms with Gasteiger partial charge in [0.15, 0.2) is 0 Å². The number of nitrogens with one attached hydrogen (secondary N) is 2. The number of allylic oxidation sites excluding steroid dienone is 2. The van der Waals surface area contributed by atoms with E-state index in [0.29, 0.717) is 13.0 Å². The number of anilines is 1. The maximum atomic E-state index is 11.5. The summed E-state index contributed by atoms with van der Waals surface area (Å²) in [4.78, 5) is 11.5. The van der Waals surface area contributed by atoms with Crippen LogP contribution in [-0.2, 0) is 11.2 Å². The number of rotatable bonds is 6. The molecule has 0 heterocycles. The predicted molar refractivity (Wildman–Crippen MR) is 83.8 cm³/mol. The molecule has 1 amide bonds. The standard InChI is InChI=1S/C17H24N2O/c1-2-18-17(20)12-14-8-10-16(11-9-14)19-13-15-6-4-3-5-7-15/h3-4,8-11,15,19H,2,5-7,12-13H2,1H3,(H,18,20). The van der Waals surface area contributed by atoms with Gasteiger partial charge in [-0.1, -0.05) is 24.3 Å². The van der Waals surface area contributed by atoms with Gasteiger partial charge in [0, 0.05) is 18.8 Å². The highest BCUT2D eigenvalue weighted by Crippen LogP contribution is 2.19. The summed E-state index contributed by atoms with van der Waals surface area (Å²) in [5.74, 6) is 0.831. The first kappa shape index (κ1) is 14.6. The molecule has 1 atom stereocenters. The second kappa shape index (κ2) is 7.73. The van der Waals surface area contributed by atoms with Crippen LogP contribution in [0.5, 0.6) is 0 Å². The van der Waals surface area contributed by atoms with E-state index in [2.05, 4.69) is 34.9 Å². The van der Waals surface area contributed by atoms with Crippen molar-refractivity contribution < 1.29 is 4.79 Å². The van der Waals surface area contributed by atoms with Gasteiger partial charge in [-0.15, -0.1) is 0 Å². The molecule has 2 N–H and O–H groups in total. The number of carbonyl (C=O) groups is 1. The smallest absolute Gasteiger partial charge is 0.224 e. The minimum absolute atomic E-state index is 0.0854. The normalized spacial score (nSPS) is 17.8. The van der Waals surface area contributed by atoms with Crippen molar-refractivity contribution in [2.75, 3.05) is 18.4 Å². The van der Waals surface area contributed by atoms with E-state index in [0.717, 1.165) is 23.7 Å². The average Bonchev–Trinajstić information content (AvgIpc) is 2.48. The molecule has 0 bridgehead atoms.